The van der Waals surface area contributed by atoms with Crippen LogP contribution in [0.5, 0.6) is 0 Å². The van der Waals surface area contributed by atoms with Crippen LogP contribution in [0, 0.1) is 5.82 Å². The normalized spacial score (nSPS) is 10.3. The fourth-order valence-electron chi connectivity index (χ4n) is 1.77. The molecule has 0 heterocycles. The molecule has 0 aliphatic carbocycles. The summed E-state index contributed by atoms with van der Waals surface area (Å²) < 4.78 is 13.2. The van der Waals surface area contributed by atoms with Gasteiger partial charge in [0.1, 0.15) is 5.82 Å². The topological polar surface area (TPSA) is 3.24 Å². The second-order valence-electron chi connectivity index (χ2n) is 3.80. The molecule has 0 amide bonds. The van der Waals surface area contributed by atoms with Crippen molar-refractivity contribution in [2.24, 2.45) is 0 Å². The van der Waals surface area contributed by atoms with Crippen LogP contribution in [0.25, 0.3) is 0 Å². The maximum atomic E-state index is 13.2. The largest absolute Gasteiger partial charge is 0.344 e. The molecule has 0 spiro atoms. The third-order valence-electron chi connectivity index (χ3n) is 2.69. The molecular formula is C14H13BrFN. The van der Waals surface area contributed by atoms with Crippen molar-refractivity contribution >= 4 is 27.3 Å². The molecule has 0 N–H and O–H groups in total. The summed E-state index contributed by atoms with van der Waals surface area (Å²) in [6, 6.07) is 14.7. The van der Waals surface area contributed by atoms with E-state index in [9.17, 15) is 4.39 Å². The van der Waals surface area contributed by atoms with Crippen molar-refractivity contribution in [2.45, 2.75) is 5.33 Å². The molecule has 17 heavy (non-hydrogen) atoms. The number of hydrogen-bond acceptors (Lipinski definition) is 1. The number of hydrogen-bond donors (Lipinski definition) is 0. The minimum atomic E-state index is -0.217. The van der Waals surface area contributed by atoms with Gasteiger partial charge in [0.2, 0.25) is 0 Å². The first-order valence-corrected chi connectivity index (χ1v) is 6.47. The second kappa shape index (κ2) is 5.32. The number of anilines is 2. The van der Waals surface area contributed by atoms with Crippen molar-refractivity contribution in [3.63, 3.8) is 0 Å². The van der Waals surface area contributed by atoms with E-state index in [4.69, 9.17) is 0 Å². The van der Waals surface area contributed by atoms with E-state index in [0.717, 1.165) is 16.7 Å². The highest BCUT2D eigenvalue weighted by atomic mass is 79.9. The van der Waals surface area contributed by atoms with E-state index in [-0.39, 0.29) is 5.82 Å². The van der Waals surface area contributed by atoms with E-state index in [0.29, 0.717) is 0 Å². The van der Waals surface area contributed by atoms with Gasteiger partial charge in [-0.15, -0.1) is 0 Å². The maximum Gasteiger partial charge on any atom is 0.125 e. The van der Waals surface area contributed by atoms with Gasteiger partial charge in [0.15, 0.2) is 0 Å². The molecule has 0 saturated heterocycles. The number of nitrogens with zero attached hydrogens (tertiary/aromatic N) is 1. The van der Waals surface area contributed by atoms with Crippen LogP contribution in [-0.4, -0.2) is 7.05 Å². The summed E-state index contributed by atoms with van der Waals surface area (Å²) in [7, 11) is 1.94. The van der Waals surface area contributed by atoms with E-state index in [2.05, 4.69) is 22.0 Å². The van der Waals surface area contributed by atoms with Gasteiger partial charge in [-0.25, -0.2) is 4.39 Å². The Labute approximate surface area is 109 Å². The zero-order valence-corrected chi connectivity index (χ0v) is 11.1. The summed E-state index contributed by atoms with van der Waals surface area (Å²) in [5.41, 5.74) is 3.10. The number of halogens is 2. The van der Waals surface area contributed by atoms with Crippen LogP contribution in [0.3, 0.4) is 0 Å². The SMILES string of the molecule is CN(c1cccc(F)c1)c1ccccc1CBr. The second-order valence-corrected chi connectivity index (χ2v) is 4.36. The number of alkyl halides is 1. The van der Waals surface area contributed by atoms with Crippen LogP contribution in [0.4, 0.5) is 15.8 Å². The highest BCUT2D eigenvalue weighted by Crippen LogP contribution is 2.28. The van der Waals surface area contributed by atoms with Crippen LogP contribution in [0.15, 0.2) is 48.5 Å². The number of rotatable bonds is 3. The Bertz CT molecular complexity index is 513. The molecule has 88 valence electrons. The Hall–Kier alpha value is -1.35. The Balaban J connectivity index is 2.40. The van der Waals surface area contributed by atoms with Gasteiger partial charge in [0.25, 0.3) is 0 Å². The minimum Gasteiger partial charge on any atom is -0.344 e. The number of para-hydroxylation sites is 1. The first-order chi connectivity index (χ1) is 8.22. The van der Waals surface area contributed by atoms with Crippen LogP contribution in [0.1, 0.15) is 5.56 Å². The smallest absolute Gasteiger partial charge is 0.125 e. The van der Waals surface area contributed by atoms with Crippen molar-refractivity contribution in [3.05, 3.63) is 59.9 Å². The molecule has 2 aromatic rings. The predicted molar refractivity (Wildman–Crippen MR) is 73.5 cm³/mol. The standard InChI is InChI=1S/C14H13BrFN/c1-17(13-7-4-6-12(16)9-13)14-8-3-2-5-11(14)10-15/h2-9H,10H2,1H3. The monoisotopic (exact) mass is 293 g/mol. The van der Waals surface area contributed by atoms with Gasteiger partial charge in [-0.3, -0.25) is 0 Å². The van der Waals surface area contributed by atoms with Crippen molar-refractivity contribution in [2.75, 3.05) is 11.9 Å². The fraction of sp³-hybridized carbons (Fsp3) is 0.143. The van der Waals surface area contributed by atoms with Gasteiger partial charge in [-0.2, -0.15) is 0 Å². The van der Waals surface area contributed by atoms with Gasteiger partial charge in [0, 0.05) is 23.8 Å². The molecule has 0 aromatic heterocycles. The molecule has 0 saturated carbocycles. The Morgan fingerprint density at radius 3 is 2.59 bits per heavy atom. The third kappa shape index (κ3) is 2.67. The fourth-order valence-corrected chi connectivity index (χ4v) is 2.25. The average molecular weight is 294 g/mol. The zero-order valence-electron chi connectivity index (χ0n) is 9.53. The van der Waals surface area contributed by atoms with Crippen LogP contribution in [0.2, 0.25) is 0 Å². The van der Waals surface area contributed by atoms with Crippen LogP contribution >= 0.6 is 15.9 Å². The van der Waals surface area contributed by atoms with Crippen LogP contribution < -0.4 is 4.90 Å². The highest BCUT2D eigenvalue weighted by molar-refractivity contribution is 9.08. The summed E-state index contributed by atoms with van der Waals surface area (Å²) in [6.07, 6.45) is 0. The predicted octanol–water partition coefficient (Wildman–Crippen LogP) is 4.49. The molecule has 2 aromatic carbocycles. The van der Waals surface area contributed by atoms with E-state index in [1.165, 1.54) is 17.7 Å². The molecule has 0 aliphatic rings. The molecule has 0 atom stereocenters. The Morgan fingerprint density at radius 1 is 1.12 bits per heavy atom. The van der Waals surface area contributed by atoms with Gasteiger partial charge in [-0.1, -0.05) is 40.2 Å². The molecule has 0 fully saturated rings. The van der Waals surface area contributed by atoms with Crippen molar-refractivity contribution in [3.8, 4) is 0 Å². The molecule has 0 unspecified atom stereocenters. The molecule has 0 bridgehead atoms. The Morgan fingerprint density at radius 2 is 1.88 bits per heavy atom. The summed E-state index contributed by atoms with van der Waals surface area (Å²) in [4.78, 5) is 1.99. The lowest BCUT2D eigenvalue weighted by molar-refractivity contribution is 0.628. The molecule has 3 heteroatoms. The van der Waals surface area contributed by atoms with Crippen molar-refractivity contribution in [1.82, 2.24) is 0 Å². The van der Waals surface area contributed by atoms with Crippen molar-refractivity contribution in [1.29, 1.82) is 0 Å². The molecule has 1 nitrogen and oxygen atoms in total. The highest BCUT2D eigenvalue weighted by Gasteiger charge is 2.08. The lowest BCUT2D eigenvalue weighted by Crippen LogP contribution is -2.11. The van der Waals surface area contributed by atoms with Gasteiger partial charge in [-0.05, 0) is 29.8 Å². The Kier molecular flexibility index (Phi) is 3.79. The van der Waals surface area contributed by atoms with Gasteiger partial charge < -0.3 is 4.90 Å². The maximum absolute atomic E-state index is 13.2. The summed E-state index contributed by atoms with van der Waals surface area (Å²) >= 11 is 3.46. The zero-order chi connectivity index (χ0) is 12.3. The molecular weight excluding hydrogens is 281 g/mol. The first kappa shape index (κ1) is 12.1. The lowest BCUT2D eigenvalue weighted by atomic mass is 10.1. The molecule has 2 rings (SSSR count). The molecule has 0 aliphatic heterocycles. The minimum absolute atomic E-state index is 0.217. The third-order valence-corrected chi connectivity index (χ3v) is 3.30. The van der Waals surface area contributed by atoms with Gasteiger partial charge in [0.05, 0.1) is 0 Å². The summed E-state index contributed by atoms with van der Waals surface area (Å²) in [5, 5.41) is 0.781. The van der Waals surface area contributed by atoms with Crippen molar-refractivity contribution < 1.29 is 4.39 Å². The van der Waals surface area contributed by atoms with E-state index in [1.807, 2.05) is 36.2 Å². The summed E-state index contributed by atoms with van der Waals surface area (Å²) in [5.74, 6) is -0.217. The summed E-state index contributed by atoms with van der Waals surface area (Å²) in [6.45, 7) is 0. The molecule has 0 radical (unpaired) electrons. The van der Waals surface area contributed by atoms with Crippen LogP contribution in [-0.2, 0) is 5.33 Å². The first-order valence-electron chi connectivity index (χ1n) is 5.35. The van der Waals surface area contributed by atoms with E-state index < -0.39 is 0 Å². The van der Waals surface area contributed by atoms with Gasteiger partial charge >= 0.3 is 0 Å². The quantitative estimate of drug-likeness (QED) is 0.754. The van der Waals surface area contributed by atoms with E-state index in [1.54, 1.807) is 6.07 Å². The average Bonchev–Trinajstić information content (AvgIpc) is 2.38. The lowest BCUT2D eigenvalue weighted by Gasteiger charge is -2.22. The number of benzene rings is 2. The van der Waals surface area contributed by atoms with E-state index >= 15 is 0 Å².